The molecular weight excluding hydrogens is 223 g/mol. The van der Waals surface area contributed by atoms with Gasteiger partial charge in [0, 0.05) is 24.2 Å². The number of nitrogens with two attached hydrogens (primary N) is 1. The summed E-state index contributed by atoms with van der Waals surface area (Å²) in [5.74, 6) is 0. The Balaban J connectivity index is 0. The van der Waals surface area contributed by atoms with Crippen LogP contribution < -0.4 is 5.73 Å². The lowest BCUT2D eigenvalue weighted by Gasteiger charge is -2.57. The van der Waals surface area contributed by atoms with Crippen molar-refractivity contribution in [3.8, 4) is 0 Å². The number of nitrogens with zero attached hydrogens (tertiary/aromatic N) is 1. The summed E-state index contributed by atoms with van der Waals surface area (Å²) in [6, 6.07) is 0. The first-order valence-electron chi connectivity index (χ1n) is 6.88. The summed E-state index contributed by atoms with van der Waals surface area (Å²) in [5.41, 5.74) is 6.41. The zero-order valence-corrected chi connectivity index (χ0v) is 13.7. The van der Waals surface area contributed by atoms with Gasteiger partial charge in [0.25, 0.3) is 0 Å². The van der Waals surface area contributed by atoms with Crippen LogP contribution in [-0.2, 0) is 4.65 Å². The molecule has 0 aromatic rings. The molecular formula is C14H31BN2O. The smallest absolute Gasteiger partial charge is 0.338 e. The Kier molecular flexibility index (Phi) is 9.09. The second-order valence-corrected chi connectivity index (χ2v) is 4.78. The van der Waals surface area contributed by atoms with E-state index >= 15 is 0 Å². The minimum atomic E-state index is -0.0898. The molecule has 1 saturated heterocycles. The summed E-state index contributed by atoms with van der Waals surface area (Å²) in [6.07, 6.45) is 3.34. The molecule has 0 saturated carbocycles. The van der Waals surface area contributed by atoms with Crippen LogP contribution in [0.4, 0.5) is 0 Å². The second-order valence-electron chi connectivity index (χ2n) is 4.78. The van der Waals surface area contributed by atoms with Gasteiger partial charge < -0.3 is 10.4 Å². The highest BCUT2D eigenvalue weighted by Gasteiger charge is 2.59. The molecule has 106 valence electrons. The molecule has 1 heterocycles. The quantitative estimate of drug-likeness (QED) is 0.603. The molecule has 1 aliphatic rings. The van der Waals surface area contributed by atoms with Gasteiger partial charge in [0.2, 0.25) is 0 Å². The maximum absolute atomic E-state index is 5.81. The molecule has 1 rings (SSSR count). The minimum absolute atomic E-state index is 0.0613. The molecule has 0 aliphatic carbocycles. The third-order valence-corrected chi connectivity index (χ3v) is 3.39. The van der Waals surface area contributed by atoms with E-state index in [4.69, 9.17) is 10.4 Å². The fourth-order valence-corrected chi connectivity index (χ4v) is 1.68. The monoisotopic (exact) mass is 254 g/mol. The van der Waals surface area contributed by atoms with Crippen molar-refractivity contribution in [2.75, 3.05) is 7.05 Å². The van der Waals surface area contributed by atoms with E-state index in [1.54, 1.807) is 19.5 Å². The van der Waals surface area contributed by atoms with Gasteiger partial charge in [0.05, 0.1) is 0 Å². The maximum atomic E-state index is 5.81. The predicted octanol–water partition coefficient (Wildman–Crippen LogP) is 3.70. The van der Waals surface area contributed by atoms with E-state index in [2.05, 4.69) is 32.7 Å². The molecule has 0 bridgehead atoms. The van der Waals surface area contributed by atoms with Crippen molar-refractivity contribution >= 4 is 13.1 Å². The van der Waals surface area contributed by atoms with Crippen molar-refractivity contribution in [3.63, 3.8) is 0 Å². The van der Waals surface area contributed by atoms with Crippen LogP contribution in [0.3, 0.4) is 0 Å². The number of rotatable bonds is 2. The van der Waals surface area contributed by atoms with E-state index in [1.165, 1.54) is 0 Å². The van der Waals surface area contributed by atoms with Gasteiger partial charge in [-0.05, 0) is 25.5 Å². The first-order valence-corrected chi connectivity index (χ1v) is 6.88. The maximum Gasteiger partial charge on any atom is 0.338 e. The fraction of sp³-hybridized carbons (Fsp3) is 0.786. The lowest BCUT2D eigenvalue weighted by atomic mass is 9.33. The average Bonchev–Trinajstić information content (AvgIpc) is 2.38. The summed E-state index contributed by atoms with van der Waals surface area (Å²) < 4.78 is 5.81. The average molecular weight is 254 g/mol. The summed E-state index contributed by atoms with van der Waals surface area (Å²) in [7, 11) is 1.74. The van der Waals surface area contributed by atoms with Crippen LogP contribution in [0.15, 0.2) is 16.7 Å². The van der Waals surface area contributed by atoms with E-state index in [9.17, 15) is 0 Å². The van der Waals surface area contributed by atoms with Crippen molar-refractivity contribution in [2.24, 2.45) is 10.7 Å². The molecule has 3 nitrogen and oxygen atoms in total. The van der Waals surface area contributed by atoms with Gasteiger partial charge in [0.15, 0.2) is 0 Å². The Bertz CT molecular complexity index is 284. The molecule has 0 aromatic heterocycles. The van der Waals surface area contributed by atoms with Crippen molar-refractivity contribution in [1.82, 2.24) is 0 Å². The van der Waals surface area contributed by atoms with Gasteiger partial charge in [-0.25, -0.2) is 0 Å². The van der Waals surface area contributed by atoms with E-state index < -0.39 is 0 Å². The first kappa shape index (κ1) is 19.6. The van der Waals surface area contributed by atoms with Crippen LogP contribution in [0, 0.1) is 0 Å². The normalized spacial score (nSPS) is 20.3. The lowest BCUT2D eigenvalue weighted by molar-refractivity contribution is -0.0108. The molecule has 0 atom stereocenters. The molecule has 0 amide bonds. The third-order valence-electron chi connectivity index (χ3n) is 3.39. The molecule has 1 fully saturated rings. The molecule has 0 unspecified atom stereocenters. The van der Waals surface area contributed by atoms with Gasteiger partial charge in [0.1, 0.15) is 0 Å². The Labute approximate surface area is 114 Å². The third kappa shape index (κ3) is 3.87. The topological polar surface area (TPSA) is 47.6 Å². The van der Waals surface area contributed by atoms with Crippen molar-refractivity contribution in [1.29, 1.82) is 0 Å². The molecule has 18 heavy (non-hydrogen) atoms. The van der Waals surface area contributed by atoms with Gasteiger partial charge in [-0.2, -0.15) is 0 Å². The summed E-state index contributed by atoms with van der Waals surface area (Å²) >= 11 is 0. The highest BCUT2D eigenvalue weighted by atomic mass is 16.5. The Morgan fingerprint density at radius 2 is 1.56 bits per heavy atom. The molecule has 0 spiro atoms. The zero-order valence-electron chi connectivity index (χ0n) is 13.7. The van der Waals surface area contributed by atoms with E-state index in [0.717, 1.165) is 5.47 Å². The zero-order chi connectivity index (χ0) is 15.0. The molecule has 0 aromatic carbocycles. The summed E-state index contributed by atoms with van der Waals surface area (Å²) in [6.45, 7) is 16.6. The van der Waals surface area contributed by atoms with Crippen LogP contribution in [-0.4, -0.2) is 25.8 Å². The van der Waals surface area contributed by atoms with Crippen LogP contribution >= 0.6 is 0 Å². The molecule has 1 aliphatic heterocycles. The van der Waals surface area contributed by atoms with Crippen LogP contribution in [0.25, 0.3) is 0 Å². The Morgan fingerprint density at radius 3 is 1.78 bits per heavy atom. The van der Waals surface area contributed by atoms with E-state index in [0.29, 0.717) is 0 Å². The Morgan fingerprint density at radius 1 is 1.11 bits per heavy atom. The van der Waals surface area contributed by atoms with Crippen molar-refractivity contribution in [3.05, 3.63) is 11.7 Å². The first-order chi connectivity index (χ1) is 8.36. The largest absolute Gasteiger partial charge is 0.425 e. The lowest BCUT2D eigenvalue weighted by Crippen LogP contribution is -2.62. The van der Waals surface area contributed by atoms with Crippen LogP contribution in [0.1, 0.15) is 55.4 Å². The highest BCUT2D eigenvalue weighted by Crippen LogP contribution is 2.55. The minimum Gasteiger partial charge on any atom is -0.425 e. The number of aliphatic imine (C=N–C) groups is 1. The molecule has 0 radical (unpaired) electrons. The standard InChI is InChI=1S/C10H19BN2O.2C2H6/c1-9(2)10(3,4)14-11(9)8(6-12)7-13-5;2*1-2/h6-7H,12H2,1-5H3;2*1-2H3/b8-6+,13-7?;;. The molecule has 2 N–H and O–H groups in total. The number of allylic oxidation sites excluding steroid dienone is 1. The van der Waals surface area contributed by atoms with Crippen molar-refractivity contribution in [2.45, 2.75) is 66.3 Å². The Hall–Kier alpha value is -0.765. The van der Waals surface area contributed by atoms with Gasteiger partial charge in [-0.1, -0.05) is 41.5 Å². The van der Waals surface area contributed by atoms with Crippen molar-refractivity contribution < 1.29 is 4.65 Å². The predicted molar refractivity (Wildman–Crippen MR) is 84.3 cm³/mol. The molecule has 4 heteroatoms. The van der Waals surface area contributed by atoms with Gasteiger partial charge in [-0.15, -0.1) is 0 Å². The highest BCUT2D eigenvalue weighted by molar-refractivity contribution is 6.71. The van der Waals surface area contributed by atoms with Crippen LogP contribution in [0.2, 0.25) is 5.31 Å². The van der Waals surface area contributed by atoms with Gasteiger partial charge in [-0.3, -0.25) is 4.99 Å². The van der Waals surface area contributed by atoms with Crippen LogP contribution in [0.5, 0.6) is 0 Å². The van der Waals surface area contributed by atoms with E-state index in [-0.39, 0.29) is 17.8 Å². The number of hydrogen-bond donors (Lipinski definition) is 1. The SMILES string of the molecule is CC.CC.CN=C/C(=C\N)B1OC(C)(C)C1(C)C. The fourth-order valence-electron chi connectivity index (χ4n) is 1.68. The van der Waals surface area contributed by atoms with Gasteiger partial charge >= 0.3 is 6.92 Å². The number of hydrogen-bond acceptors (Lipinski definition) is 3. The van der Waals surface area contributed by atoms with E-state index in [1.807, 2.05) is 27.7 Å². The summed E-state index contributed by atoms with van der Waals surface area (Å²) in [4.78, 5) is 3.97. The summed E-state index contributed by atoms with van der Waals surface area (Å²) in [5, 5.41) is 0.0966. The second kappa shape index (κ2) is 8.36.